The van der Waals surface area contributed by atoms with E-state index in [1.165, 1.54) is 11.1 Å². The van der Waals surface area contributed by atoms with Crippen LogP contribution in [0.1, 0.15) is 38.8 Å². The number of halogens is 1. The number of aliphatic hydroxyl groups is 1. The Balaban J connectivity index is 0.00000225. The molecule has 2 aromatic carbocycles. The molecule has 0 bridgehead atoms. The molecule has 0 spiro atoms. The molecule has 1 aliphatic heterocycles. The molecule has 1 atom stereocenters. The number of nitrogens with zero attached hydrogens (tertiary/aromatic N) is 1. The highest BCUT2D eigenvalue weighted by atomic mass is 35.5. The Bertz CT molecular complexity index is 725. The van der Waals surface area contributed by atoms with Gasteiger partial charge in [-0.3, -0.25) is 0 Å². The topological polar surface area (TPSA) is 41.9 Å². The number of hydrogen-bond donors (Lipinski definition) is 1. The summed E-state index contributed by atoms with van der Waals surface area (Å²) in [5.74, 6) is 1.47. The summed E-state index contributed by atoms with van der Waals surface area (Å²) in [4.78, 5) is 1.96. The smallest absolute Gasteiger partial charge is 0.231 e. The summed E-state index contributed by atoms with van der Waals surface area (Å²) in [6.45, 7) is 9.28. The lowest BCUT2D eigenvalue weighted by Gasteiger charge is -2.31. The third kappa shape index (κ3) is 4.20. The van der Waals surface area contributed by atoms with Crippen LogP contribution in [-0.4, -0.2) is 18.1 Å². The van der Waals surface area contributed by atoms with Crippen LogP contribution in [0.15, 0.2) is 42.5 Å². The molecule has 1 unspecified atom stereocenters. The third-order valence-corrected chi connectivity index (χ3v) is 4.30. The first-order valence-corrected chi connectivity index (χ1v) is 8.29. The Labute approximate surface area is 155 Å². The van der Waals surface area contributed by atoms with Crippen molar-refractivity contribution in [2.45, 2.75) is 45.9 Å². The minimum atomic E-state index is -0.613. The molecule has 2 aromatic rings. The first-order valence-electron chi connectivity index (χ1n) is 8.29. The van der Waals surface area contributed by atoms with Crippen LogP contribution >= 0.6 is 12.4 Å². The van der Waals surface area contributed by atoms with Gasteiger partial charge < -0.3 is 19.5 Å². The minimum Gasteiger partial charge on any atom is -0.454 e. The summed E-state index contributed by atoms with van der Waals surface area (Å²) < 4.78 is 10.8. The van der Waals surface area contributed by atoms with Crippen molar-refractivity contribution in [3.05, 3.63) is 53.6 Å². The van der Waals surface area contributed by atoms with Crippen LogP contribution in [0.4, 0.5) is 5.69 Å². The van der Waals surface area contributed by atoms with Crippen molar-refractivity contribution >= 4 is 18.1 Å². The zero-order valence-corrected chi connectivity index (χ0v) is 16.0. The van der Waals surface area contributed by atoms with Gasteiger partial charge in [0.25, 0.3) is 0 Å². The van der Waals surface area contributed by atoms with Crippen molar-refractivity contribution in [1.29, 1.82) is 0 Å². The van der Waals surface area contributed by atoms with E-state index in [4.69, 9.17) is 9.47 Å². The number of rotatable bonds is 4. The molecule has 0 saturated carbocycles. The predicted molar refractivity (Wildman–Crippen MR) is 103 cm³/mol. The summed E-state index contributed by atoms with van der Waals surface area (Å²) in [5.41, 5.74) is 3.47. The van der Waals surface area contributed by atoms with Crippen molar-refractivity contribution in [2.75, 3.05) is 11.7 Å². The van der Waals surface area contributed by atoms with Gasteiger partial charge >= 0.3 is 0 Å². The zero-order valence-electron chi connectivity index (χ0n) is 15.2. The molecule has 0 fully saturated rings. The van der Waals surface area contributed by atoms with Gasteiger partial charge in [-0.15, -0.1) is 12.4 Å². The second-order valence-corrected chi connectivity index (χ2v) is 7.20. The fraction of sp³-hybridized carbons (Fsp3) is 0.400. The molecule has 25 heavy (non-hydrogen) atoms. The number of hydrogen-bond acceptors (Lipinski definition) is 4. The molecule has 1 heterocycles. The third-order valence-electron chi connectivity index (χ3n) is 4.30. The fourth-order valence-corrected chi connectivity index (χ4v) is 3.08. The van der Waals surface area contributed by atoms with Crippen molar-refractivity contribution in [1.82, 2.24) is 0 Å². The Hall–Kier alpha value is -1.91. The average Bonchev–Trinajstić information content (AvgIpc) is 2.99. The maximum absolute atomic E-state index is 10.3. The van der Waals surface area contributed by atoms with Crippen molar-refractivity contribution in [3.63, 3.8) is 0 Å². The lowest BCUT2D eigenvalue weighted by molar-refractivity contribution is 0.174. The molecule has 0 aliphatic carbocycles. The van der Waals surface area contributed by atoms with Gasteiger partial charge in [0.05, 0.1) is 0 Å². The molecule has 3 rings (SSSR count). The summed E-state index contributed by atoms with van der Waals surface area (Å²) in [6, 6.07) is 14.2. The highest BCUT2D eigenvalue weighted by Gasteiger charge is 2.22. The van der Waals surface area contributed by atoms with E-state index < -0.39 is 6.23 Å². The highest BCUT2D eigenvalue weighted by molar-refractivity contribution is 5.85. The quantitative estimate of drug-likeness (QED) is 0.813. The highest BCUT2D eigenvalue weighted by Crippen LogP contribution is 2.37. The normalized spacial score (nSPS) is 14.0. The second-order valence-electron chi connectivity index (χ2n) is 7.20. The van der Waals surface area contributed by atoms with E-state index in [2.05, 4.69) is 39.0 Å². The molecule has 1 N–H and O–H groups in total. The maximum atomic E-state index is 10.3. The largest absolute Gasteiger partial charge is 0.454 e. The van der Waals surface area contributed by atoms with Gasteiger partial charge in [0.1, 0.15) is 6.23 Å². The van der Waals surface area contributed by atoms with Crippen LogP contribution in [0.25, 0.3) is 0 Å². The van der Waals surface area contributed by atoms with Crippen LogP contribution in [-0.2, 0) is 12.0 Å². The molecule has 0 radical (unpaired) electrons. The molecular formula is C20H26ClNO3. The molecule has 1 aliphatic rings. The van der Waals surface area contributed by atoms with Gasteiger partial charge in [0.15, 0.2) is 11.5 Å². The molecule has 0 amide bonds. The van der Waals surface area contributed by atoms with Crippen LogP contribution in [0.3, 0.4) is 0 Å². The number of fused-ring (bicyclic) bond motifs is 1. The lowest BCUT2D eigenvalue weighted by atomic mass is 9.83. The molecule has 4 nitrogen and oxygen atoms in total. The first-order chi connectivity index (χ1) is 11.4. The van der Waals surface area contributed by atoms with Gasteiger partial charge in [0, 0.05) is 18.3 Å². The van der Waals surface area contributed by atoms with Crippen LogP contribution in [0.2, 0.25) is 0 Å². The minimum absolute atomic E-state index is 0. The van der Waals surface area contributed by atoms with Crippen molar-refractivity contribution < 1.29 is 14.6 Å². The lowest BCUT2D eigenvalue weighted by Crippen LogP contribution is -2.33. The van der Waals surface area contributed by atoms with E-state index in [0.717, 1.165) is 17.2 Å². The predicted octanol–water partition coefficient (Wildman–Crippen LogP) is 4.48. The first kappa shape index (κ1) is 19.4. The monoisotopic (exact) mass is 363 g/mol. The van der Waals surface area contributed by atoms with E-state index >= 15 is 0 Å². The van der Waals surface area contributed by atoms with Gasteiger partial charge in [-0.05, 0) is 35.6 Å². The molecule has 136 valence electrons. The summed E-state index contributed by atoms with van der Waals surface area (Å²) in [6.07, 6.45) is -0.613. The summed E-state index contributed by atoms with van der Waals surface area (Å²) in [7, 11) is 0. The maximum Gasteiger partial charge on any atom is 0.231 e. The van der Waals surface area contributed by atoms with Crippen molar-refractivity contribution in [3.8, 4) is 11.5 Å². The Kier molecular flexibility index (Phi) is 5.86. The molecule has 5 heteroatoms. The number of ether oxygens (including phenoxy) is 2. The van der Waals surface area contributed by atoms with Gasteiger partial charge in [-0.2, -0.15) is 0 Å². The van der Waals surface area contributed by atoms with Gasteiger partial charge in [-0.25, -0.2) is 0 Å². The summed E-state index contributed by atoms with van der Waals surface area (Å²) >= 11 is 0. The Morgan fingerprint density at radius 3 is 2.44 bits per heavy atom. The van der Waals surface area contributed by atoms with Gasteiger partial charge in [-0.1, -0.05) is 45.0 Å². The fourth-order valence-electron chi connectivity index (χ4n) is 3.08. The van der Waals surface area contributed by atoms with Crippen LogP contribution < -0.4 is 14.4 Å². The Morgan fingerprint density at radius 2 is 1.76 bits per heavy atom. The Morgan fingerprint density at radius 1 is 1.08 bits per heavy atom. The number of benzene rings is 2. The molecule has 0 aromatic heterocycles. The summed E-state index contributed by atoms with van der Waals surface area (Å²) in [5, 5.41) is 10.3. The van der Waals surface area contributed by atoms with E-state index in [0.29, 0.717) is 6.54 Å². The standard InChI is InChI=1S/C20H25NO3.ClH/c1-14(22)21(16-9-10-18-19(11-16)24-13-23-18)12-15-7-5-6-8-17(15)20(2,3)4;/h5-11,14,22H,12-13H2,1-4H3;1H. The van der Waals surface area contributed by atoms with E-state index in [-0.39, 0.29) is 24.6 Å². The number of anilines is 1. The van der Waals surface area contributed by atoms with Crippen LogP contribution in [0, 0.1) is 0 Å². The van der Waals surface area contributed by atoms with Gasteiger partial charge in [0.2, 0.25) is 6.79 Å². The van der Waals surface area contributed by atoms with E-state index in [1.54, 1.807) is 6.92 Å². The van der Waals surface area contributed by atoms with E-state index in [1.807, 2.05) is 29.2 Å². The second kappa shape index (κ2) is 7.54. The zero-order chi connectivity index (χ0) is 17.3. The SMILES string of the molecule is CC(O)N(Cc1ccccc1C(C)(C)C)c1ccc2c(c1)OCO2.Cl. The van der Waals surface area contributed by atoms with Crippen molar-refractivity contribution in [2.24, 2.45) is 0 Å². The average molecular weight is 364 g/mol. The molecule has 0 saturated heterocycles. The molecular weight excluding hydrogens is 338 g/mol. The van der Waals surface area contributed by atoms with Crippen LogP contribution in [0.5, 0.6) is 11.5 Å². The van der Waals surface area contributed by atoms with E-state index in [9.17, 15) is 5.11 Å². The number of aliphatic hydroxyl groups excluding tert-OH is 1.